The van der Waals surface area contributed by atoms with Crippen LogP contribution in [0.25, 0.3) is 0 Å². The van der Waals surface area contributed by atoms with Crippen molar-refractivity contribution in [2.45, 2.75) is 212 Å². The second-order valence-electron chi connectivity index (χ2n) is 14.5. The molecule has 2 rings (SSSR count). The van der Waals surface area contributed by atoms with Crippen LogP contribution in [0.5, 0.6) is 0 Å². The SMILES string of the molecule is CCCCC/C=C\C/C=C\CCCCCCCCC1(CCCCCCCC/C=C\C/C=C\CCCCC)OC2CN(C)C(C)C2O1. The summed E-state index contributed by atoms with van der Waals surface area (Å²) in [5.74, 6) is -0.324. The molecule has 3 nitrogen and oxygen atoms in total. The van der Waals surface area contributed by atoms with Crippen LogP contribution in [0.15, 0.2) is 48.6 Å². The number of nitrogens with zero attached hydrogens (tertiary/aromatic N) is 1. The first-order chi connectivity index (χ1) is 22.6. The lowest BCUT2D eigenvalue weighted by Crippen LogP contribution is -2.37. The number of hydrogen-bond donors (Lipinski definition) is 0. The third-order valence-corrected chi connectivity index (χ3v) is 10.2. The van der Waals surface area contributed by atoms with E-state index in [9.17, 15) is 0 Å². The molecule has 3 atom stereocenters. The van der Waals surface area contributed by atoms with Gasteiger partial charge in [0.25, 0.3) is 0 Å². The van der Waals surface area contributed by atoms with Gasteiger partial charge in [-0.05, 0) is 91.0 Å². The minimum atomic E-state index is -0.324. The Morgan fingerprint density at radius 3 is 1.33 bits per heavy atom. The molecule has 0 spiro atoms. The van der Waals surface area contributed by atoms with Crippen molar-refractivity contribution in [1.82, 2.24) is 4.90 Å². The summed E-state index contributed by atoms with van der Waals surface area (Å²) in [6.07, 6.45) is 52.5. The van der Waals surface area contributed by atoms with Gasteiger partial charge in [0.1, 0.15) is 12.2 Å². The van der Waals surface area contributed by atoms with E-state index in [1.165, 1.54) is 141 Å². The largest absolute Gasteiger partial charge is 0.343 e. The summed E-state index contributed by atoms with van der Waals surface area (Å²) in [5.41, 5.74) is 0. The summed E-state index contributed by atoms with van der Waals surface area (Å²) in [7, 11) is 2.21. The standard InChI is InChI=1S/C43H77NO2/c1-5-7-9-11-13-15-17-19-21-23-25-27-29-31-33-35-37-43(45-41-39-44(4)40(3)42(41)46-43)38-36-34-32-30-28-26-24-22-20-18-16-14-12-10-8-6-2/h13-16,19-22,40-42H,5-12,17-18,23-39H2,1-4H3/b15-13-,16-14-,21-19-,22-20-. The van der Waals surface area contributed by atoms with Crippen LogP contribution in [0.3, 0.4) is 0 Å². The van der Waals surface area contributed by atoms with E-state index < -0.39 is 0 Å². The van der Waals surface area contributed by atoms with Crippen LogP contribution in [0.4, 0.5) is 0 Å². The topological polar surface area (TPSA) is 21.7 Å². The van der Waals surface area contributed by atoms with Gasteiger partial charge < -0.3 is 9.47 Å². The lowest BCUT2D eigenvalue weighted by molar-refractivity contribution is -0.197. The maximum atomic E-state index is 6.82. The monoisotopic (exact) mass is 640 g/mol. The Morgan fingerprint density at radius 1 is 0.522 bits per heavy atom. The molecule has 3 unspecified atom stereocenters. The zero-order chi connectivity index (χ0) is 33.0. The highest BCUT2D eigenvalue weighted by Crippen LogP contribution is 2.42. The van der Waals surface area contributed by atoms with Crippen LogP contribution >= 0.6 is 0 Å². The summed E-state index contributed by atoms with van der Waals surface area (Å²) in [6, 6.07) is 0.457. The molecule has 2 aliphatic heterocycles. The van der Waals surface area contributed by atoms with Crippen molar-refractivity contribution < 1.29 is 9.47 Å². The predicted octanol–water partition coefficient (Wildman–Crippen LogP) is 13.2. The van der Waals surface area contributed by atoms with Crippen LogP contribution < -0.4 is 0 Å². The molecule has 266 valence electrons. The molecule has 0 bridgehead atoms. The van der Waals surface area contributed by atoms with Crippen LogP contribution in [-0.4, -0.2) is 42.5 Å². The molecule has 0 aromatic carbocycles. The van der Waals surface area contributed by atoms with Gasteiger partial charge in [-0.2, -0.15) is 0 Å². The first-order valence-electron chi connectivity index (χ1n) is 20.3. The minimum Gasteiger partial charge on any atom is -0.343 e. The number of likely N-dealkylation sites (N-methyl/N-ethyl adjacent to an activating group) is 1. The average molecular weight is 640 g/mol. The molecule has 2 aliphatic rings. The van der Waals surface area contributed by atoms with Crippen molar-refractivity contribution in [2.24, 2.45) is 0 Å². The number of rotatable bonds is 30. The van der Waals surface area contributed by atoms with E-state index in [4.69, 9.17) is 9.47 Å². The van der Waals surface area contributed by atoms with Crippen LogP contribution in [0.1, 0.15) is 188 Å². The molecule has 0 amide bonds. The van der Waals surface area contributed by atoms with Gasteiger partial charge in [-0.1, -0.05) is 140 Å². The minimum absolute atomic E-state index is 0.249. The molecule has 0 aromatic heterocycles. The van der Waals surface area contributed by atoms with Crippen molar-refractivity contribution in [3.05, 3.63) is 48.6 Å². The highest BCUT2D eigenvalue weighted by atomic mass is 16.8. The summed E-state index contributed by atoms with van der Waals surface area (Å²) in [6.45, 7) is 7.87. The molecule has 0 radical (unpaired) electrons. The quantitative estimate of drug-likeness (QED) is 0.0576. The third kappa shape index (κ3) is 19.0. The van der Waals surface area contributed by atoms with Crippen molar-refractivity contribution in [1.29, 1.82) is 0 Å². The van der Waals surface area contributed by atoms with E-state index in [0.29, 0.717) is 6.04 Å². The molecular formula is C43H77NO2. The number of unbranched alkanes of at least 4 members (excludes halogenated alkanes) is 18. The molecule has 0 saturated carbocycles. The molecular weight excluding hydrogens is 562 g/mol. The van der Waals surface area contributed by atoms with Crippen molar-refractivity contribution in [3.63, 3.8) is 0 Å². The molecule has 0 aliphatic carbocycles. The number of ether oxygens (including phenoxy) is 2. The average Bonchev–Trinajstić information content (AvgIpc) is 3.53. The lowest BCUT2D eigenvalue weighted by Gasteiger charge is -2.31. The van der Waals surface area contributed by atoms with Crippen LogP contribution in [-0.2, 0) is 9.47 Å². The highest BCUT2D eigenvalue weighted by molar-refractivity contribution is 4.98. The van der Waals surface area contributed by atoms with Gasteiger partial charge in [-0.3, -0.25) is 4.90 Å². The van der Waals surface area contributed by atoms with Gasteiger partial charge in [-0.15, -0.1) is 0 Å². The molecule has 0 N–H and O–H groups in total. The van der Waals surface area contributed by atoms with E-state index in [2.05, 4.69) is 81.3 Å². The predicted molar refractivity (Wildman–Crippen MR) is 203 cm³/mol. The Balaban J connectivity index is 1.53. The first kappa shape index (κ1) is 41.0. The van der Waals surface area contributed by atoms with E-state index in [1.807, 2.05) is 0 Å². The van der Waals surface area contributed by atoms with Crippen molar-refractivity contribution in [3.8, 4) is 0 Å². The molecule has 2 saturated heterocycles. The number of allylic oxidation sites excluding steroid dienone is 8. The maximum absolute atomic E-state index is 6.82. The van der Waals surface area contributed by atoms with Gasteiger partial charge in [0, 0.05) is 25.4 Å². The summed E-state index contributed by atoms with van der Waals surface area (Å²) < 4.78 is 13.6. The van der Waals surface area contributed by atoms with Gasteiger partial charge >= 0.3 is 0 Å². The van der Waals surface area contributed by atoms with Crippen LogP contribution in [0.2, 0.25) is 0 Å². The third-order valence-electron chi connectivity index (χ3n) is 10.2. The second-order valence-corrected chi connectivity index (χ2v) is 14.5. The number of fused-ring (bicyclic) bond motifs is 1. The second kappa shape index (κ2) is 27.8. The Morgan fingerprint density at radius 2 is 0.913 bits per heavy atom. The highest BCUT2D eigenvalue weighted by Gasteiger charge is 2.53. The van der Waals surface area contributed by atoms with Crippen molar-refractivity contribution in [2.75, 3.05) is 13.6 Å². The summed E-state index contributed by atoms with van der Waals surface area (Å²) in [4.78, 5) is 2.40. The fraction of sp³-hybridized carbons (Fsp3) is 0.814. The normalized spacial score (nSPS) is 21.7. The summed E-state index contributed by atoms with van der Waals surface area (Å²) in [5, 5.41) is 0. The smallest absolute Gasteiger partial charge is 0.169 e. The summed E-state index contributed by atoms with van der Waals surface area (Å²) >= 11 is 0. The van der Waals surface area contributed by atoms with Gasteiger partial charge in [-0.25, -0.2) is 0 Å². The van der Waals surface area contributed by atoms with Gasteiger partial charge in [0.2, 0.25) is 0 Å². The maximum Gasteiger partial charge on any atom is 0.169 e. The van der Waals surface area contributed by atoms with Gasteiger partial charge in [0.05, 0.1) is 0 Å². The Bertz CT molecular complexity index is 766. The van der Waals surface area contributed by atoms with Crippen molar-refractivity contribution >= 4 is 0 Å². The molecule has 2 heterocycles. The Kier molecular flexibility index (Phi) is 24.7. The number of likely N-dealkylation sites (tertiary alicyclic amines) is 1. The van der Waals surface area contributed by atoms with Gasteiger partial charge in [0.15, 0.2) is 5.79 Å². The fourth-order valence-corrected chi connectivity index (χ4v) is 7.07. The molecule has 2 fully saturated rings. The van der Waals surface area contributed by atoms with E-state index in [0.717, 1.165) is 32.2 Å². The molecule has 3 heteroatoms. The molecule has 0 aromatic rings. The number of hydrogen-bond acceptors (Lipinski definition) is 3. The lowest BCUT2D eigenvalue weighted by atomic mass is 9.98. The van der Waals surface area contributed by atoms with E-state index in [-0.39, 0.29) is 18.0 Å². The van der Waals surface area contributed by atoms with Crippen LogP contribution in [0, 0.1) is 0 Å². The molecule has 46 heavy (non-hydrogen) atoms. The Labute approximate surface area is 287 Å². The van der Waals surface area contributed by atoms with E-state index in [1.54, 1.807) is 0 Å². The fourth-order valence-electron chi connectivity index (χ4n) is 7.07. The first-order valence-corrected chi connectivity index (χ1v) is 20.3. The Hall–Kier alpha value is -1.16. The zero-order valence-electron chi connectivity index (χ0n) is 31.2. The van der Waals surface area contributed by atoms with E-state index >= 15 is 0 Å². The zero-order valence-corrected chi connectivity index (χ0v) is 31.2.